The SMILES string of the molecule is Cc1cc(C=NN=C(N)SCc2ccccc2)cc(OC(F)(F)F)c1. The first-order valence-electron chi connectivity index (χ1n) is 7.22. The van der Waals surface area contributed by atoms with E-state index < -0.39 is 6.36 Å². The third-order valence-electron chi connectivity index (χ3n) is 2.90. The van der Waals surface area contributed by atoms with Crippen molar-refractivity contribution < 1.29 is 17.9 Å². The molecule has 0 spiro atoms. The van der Waals surface area contributed by atoms with Gasteiger partial charge in [0.2, 0.25) is 0 Å². The number of hydrogen-bond donors (Lipinski definition) is 1. The van der Waals surface area contributed by atoms with Gasteiger partial charge < -0.3 is 10.5 Å². The summed E-state index contributed by atoms with van der Waals surface area (Å²) >= 11 is 1.32. The third-order valence-corrected chi connectivity index (χ3v) is 3.75. The zero-order valence-corrected chi connectivity index (χ0v) is 14.1. The summed E-state index contributed by atoms with van der Waals surface area (Å²) in [5, 5.41) is 7.91. The molecular formula is C17H16F3N3OS. The third kappa shape index (κ3) is 7.30. The van der Waals surface area contributed by atoms with Gasteiger partial charge in [-0.1, -0.05) is 48.2 Å². The second kappa shape index (κ2) is 8.57. The van der Waals surface area contributed by atoms with E-state index in [1.165, 1.54) is 30.1 Å². The molecule has 2 rings (SSSR count). The average molecular weight is 367 g/mol. The van der Waals surface area contributed by atoms with Crippen LogP contribution in [0.4, 0.5) is 13.2 Å². The molecular weight excluding hydrogens is 351 g/mol. The fourth-order valence-corrected chi connectivity index (χ4v) is 2.57. The maximum Gasteiger partial charge on any atom is 0.573 e. The topological polar surface area (TPSA) is 60.0 Å². The predicted molar refractivity (Wildman–Crippen MR) is 94.8 cm³/mol. The second-order valence-electron chi connectivity index (χ2n) is 5.08. The molecule has 0 unspecified atom stereocenters. The van der Waals surface area contributed by atoms with Crippen LogP contribution in [0.25, 0.3) is 0 Å². The minimum Gasteiger partial charge on any atom is -0.406 e. The van der Waals surface area contributed by atoms with Gasteiger partial charge in [0.15, 0.2) is 5.17 Å². The van der Waals surface area contributed by atoms with Crippen LogP contribution in [0, 0.1) is 6.92 Å². The lowest BCUT2D eigenvalue weighted by Gasteiger charge is -2.09. The first-order valence-corrected chi connectivity index (χ1v) is 8.21. The number of nitrogens with zero attached hydrogens (tertiary/aromatic N) is 2. The number of nitrogens with two attached hydrogens (primary N) is 1. The summed E-state index contributed by atoms with van der Waals surface area (Å²) in [6.07, 6.45) is -3.41. The number of alkyl halides is 3. The molecule has 0 fully saturated rings. The number of thioether (sulfide) groups is 1. The lowest BCUT2D eigenvalue weighted by atomic mass is 10.1. The van der Waals surface area contributed by atoms with E-state index >= 15 is 0 Å². The molecule has 0 aromatic heterocycles. The van der Waals surface area contributed by atoms with Crippen molar-refractivity contribution in [1.29, 1.82) is 0 Å². The molecule has 0 radical (unpaired) electrons. The Morgan fingerprint density at radius 3 is 2.60 bits per heavy atom. The molecule has 0 atom stereocenters. The summed E-state index contributed by atoms with van der Waals surface area (Å²) in [5.74, 6) is 0.351. The van der Waals surface area contributed by atoms with Crippen LogP contribution in [0.3, 0.4) is 0 Å². The van der Waals surface area contributed by atoms with Crippen LogP contribution in [-0.4, -0.2) is 17.7 Å². The van der Waals surface area contributed by atoms with E-state index in [2.05, 4.69) is 14.9 Å². The maximum atomic E-state index is 12.3. The number of halogens is 3. The molecule has 0 aliphatic rings. The summed E-state index contributed by atoms with van der Waals surface area (Å²) in [5.41, 5.74) is 7.90. The minimum absolute atomic E-state index is 0.263. The van der Waals surface area contributed by atoms with E-state index in [1.54, 1.807) is 13.0 Å². The van der Waals surface area contributed by atoms with E-state index in [0.717, 1.165) is 5.56 Å². The number of amidine groups is 1. The molecule has 0 heterocycles. The molecule has 0 bridgehead atoms. The quantitative estimate of drug-likeness (QED) is 0.482. The molecule has 0 saturated heterocycles. The van der Waals surface area contributed by atoms with E-state index in [4.69, 9.17) is 5.73 Å². The highest BCUT2D eigenvalue weighted by Crippen LogP contribution is 2.24. The lowest BCUT2D eigenvalue weighted by Crippen LogP contribution is -2.17. The molecule has 0 aliphatic carbocycles. The summed E-state index contributed by atoms with van der Waals surface area (Å²) in [4.78, 5) is 0. The van der Waals surface area contributed by atoms with Crippen LogP contribution in [-0.2, 0) is 5.75 Å². The molecule has 2 aromatic rings. The molecule has 2 N–H and O–H groups in total. The van der Waals surface area contributed by atoms with Gasteiger partial charge in [-0.3, -0.25) is 0 Å². The normalized spacial score (nSPS) is 12.6. The molecule has 25 heavy (non-hydrogen) atoms. The van der Waals surface area contributed by atoms with Gasteiger partial charge in [-0.15, -0.1) is 18.3 Å². The Kier molecular flexibility index (Phi) is 6.46. The number of ether oxygens (including phenoxy) is 1. The van der Waals surface area contributed by atoms with Gasteiger partial charge in [-0.2, -0.15) is 5.10 Å². The maximum absolute atomic E-state index is 12.3. The monoisotopic (exact) mass is 367 g/mol. The first kappa shape index (κ1) is 18.9. The number of aryl methyl sites for hydroxylation is 1. The van der Waals surface area contributed by atoms with Crippen LogP contribution in [0.5, 0.6) is 5.75 Å². The largest absolute Gasteiger partial charge is 0.573 e. The zero-order chi connectivity index (χ0) is 18.3. The van der Waals surface area contributed by atoms with Crippen LogP contribution < -0.4 is 10.5 Å². The fraction of sp³-hybridized carbons (Fsp3) is 0.176. The van der Waals surface area contributed by atoms with Crippen LogP contribution in [0.15, 0.2) is 58.7 Å². The average Bonchev–Trinajstić information content (AvgIpc) is 2.52. The minimum atomic E-state index is -4.74. The number of benzene rings is 2. The highest BCUT2D eigenvalue weighted by atomic mass is 32.2. The summed E-state index contributed by atoms with van der Waals surface area (Å²) in [6.45, 7) is 1.66. The van der Waals surface area contributed by atoms with Gasteiger partial charge in [0.1, 0.15) is 5.75 Å². The van der Waals surface area contributed by atoms with E-state index in [0.29, 0.717) is 16.9 Å². The van der Waals surface area contributed by atoms with Crippen molar-refractivity contribution in [2.75, 3.05) is 0 Å². The van der Waals surface area contributed by atoms with Crippen molar-refractivity contribution >= 4 is 23.1 Å². The van der Waals surface area contributed by atoms with Gasteiger partial charge in [0.05, 0.1) is 6.21 Å². The Morgan fingerprint density at radius 2 is 1.92 bits per heavy atom. The van der Waals surface area contributed by atoms with Gasteiger partial charge in [0, 0.05) is 5.75 Å². The van der Waals surface area contributed by atoms with E-state index in [-0.39, 0.29) is 10.9 Å². The fourth-order valence-electron chi connectivity index (χ4n) is 1.96. The number of hydrogen-bond acceptors (Lipinski definition) is 4. The first-order chi connectivity index (χ1) is 11.8. The summed E-state index contributed by atoms with van der Waals surface area (Å²) in [6, 6.07) is 13.9. The Balaban J connectivity index is 1.98. The Labute approximate surface area is 147 Å². The van der Waals surface area contributed by atoms with Crippen LogP contribution in [0.1, 0.15) is 16.7 Å². The highest BCUT2D eigenvalue weighted by molar-refractivity contribution is 8.13. The van der Waals surface area contributed by atoms with Gasteiger partial charge in [-0.25, -0.2) is 0 Å². The highest BCUT2D eigenvalue weighted by Gasteiger charge is 2.31. The van der Waals surface area contributed by atoms with Gasteiger partial charge >= 0.3 is 6.36 Å². The Hall–Kier alpha value is -2.48. The van der Waals surface area contributed by atoms with Crippen molar-refractivity contribution in [3.8, 4) is 5.75 Å². The van der Waals surface area contributed by atoms with Gasteiger partial charge in [0.25, 0.3) is 0 Å². The van der Waals surface area contributed by atoms with Crippen LogP contribution in [0.2, 0.25) is 0 Å². The van der Waals surface area contributed by atoms with Gasteiger partial charge in [-0.05, 0) is 35.7 Å². The number of rotatable bonds is 5. The standard InChI is InChI=1S/C17H16F3N3OS/c1-12-7-14(9-15(8-12)24-17(18,19)20)10-22-23-16(21)25-11-13-5-3-2-4-6-13/h2-10H,11H2,1H3,(H2,21,23). The van der Waals surface area contributed by atoms with Crippen molar-refractivity contribution in [2.24, 2.45) is 15.9 Å². The molecule has 0 saturated carbocycles. The van der Waals surface area contributed by atoms with Crippen molar-refractivity contribution in [3.63, 3.8) is 0 Å². The van der Waals surface area contributed by atoms with E-state index in [9.17, 15) is 13.2 Å². The van der Waals surface area contributed by atoms with Crippen molar-refractivity contribution in [3.05, 3.63) is 65.2 Å². The zero-order valence-electron chi connectivity index (χ0n) is 13.3. The molecule has 2 aromatic carbocycles. The molecule has 132 valence electrons. The van der Waals surface area contributed by atoms with Crippen molar-refractivity contribution in [1.82, 2.24) is 0 Å². The summed E-state index contributed by atoms with van der Waals surface area (Å²) in [7, 11) is 0. The molecule has 0 aliphatic heterocycles. The molecule has 4 nitrogen and oxygen atoms in total. The van der Waals surface area contributed by atoms with Crippen molar-refractivity contribution in [2.45, 2.75) is 19.0 Å². The van der Waals surface area contributed by atoms with Crippen LogP contribution >= 0.6 is 11.8 Å². The second-order valence-corrected chi connectivity index (χ2v) is 6.08. The Bertz CT molecular complexity index is 761. The smallest absolute Gasteiger partial charge is 0.406 e. The molecule has 0 amide bonds. The summed E-state index contributed by atoms with van der Waals surface area (Å²) < 4.78 is 40.8. The lowest BCUT2D eigenvalue weighted by molar-refractivity contribution is -0.274. The van der Waals surface area contributed by atoms with E-state index in [1.807, 2.05) is 30.3 Å². The predicted octanol–water partition coefficient (Wildman–Crippen LogP) is 4.48. The molecule has 8 heteroatoms. The Morgan fingerprint density at radius 1 is 1.20 bits per heavy atom.